The number of halogens is 1. The maximum Gasteiger partial charge on any atom is 0.268 e. The predicted molar refractivity (Wildman–Crippen MR) is 61.7 cm³/mol. The van der Waals surface area contributed by atoms with Crippen LogP contribution in [0.2, 0.25) is 5.02 Å². The lowest BCUT2D eigenvalue weighted by atomic mass is 10.3. The highest BCUT2D eigenvalue weighted by molar-refractivity contribution is 6.31. The minimum absolute atomic E-state index is 0.0659. The van der Waals surface area contributed by atoms with Gasteiger partial charge in [0.1, 0.15) is 5.69 Å². The van der Waals surface area contributed by atoms with Crippen LogP contribution in [0.4, 0.5) is 0 Å². The topological polar surface area (TPSA) is 54.3 Å². The first-order chi connectivity index (χ1) is 7.61. The first kappa shape index (κ1) is 11.5. The summed E-state index contributed by atoms with van der Waals surface area (Å²) in [6.07, 6.45) is 3.99. The predicted octanol–water partition coefficient (Wildman–Crippen LogP) is 1.59. The first-order valence-electron chi connectivity index (χ1n) is 5.41. The van der Waals surface area contributed by atoms with Crippen LogP contribution in [0, 0.1) is 0 Å². The van der Waals surface area contributed by atoms with Crippen LogP contribution in [0.5, 0.6) is 0 Å². The summed E-state index contributed by atoms with van der Waals surface area (Å²) in [6, 6.07) is 1.84. The van der Waals surface area contributed by atoms with Gasteiger partial charge in [0.05, 0.1) is 11.6 Å². The highest BCUT2D eigenvalue weighted by Gasteiger charge is 2.28. The van der Waals surface area contributed by atoms with Crippen LogP contribution in [-0.2, 0) is 0 Å². The van der Waals surface area contributed by atoms with Gasteiger partial charge in [-0.3, -0.25) is 4.79 Å². The third kappa shape index (κ3) is 2.39. The van der Waals surface area contributed by atoms with Crippen LogP contribution in [0.15, 0.2) is 12.3 Å². The molecular weight excluding hydrogens is 228 g/mol. The van der Waals surface area contributed by atoms with Gasteiger partial charge >= 0.3 is 0 Å². The fourth-order valence-electron chi connectivity index (χ4n) is 1.63. The van der Waals surface area contributed by atoms with Crippen molar-refractivity contribution >= 4 is 17.5 Å². The second kappa shape index (κ2) is 4.47. The molecule has 0 saturated heterocycles. The molecule has 0 aromatic carbocycles. The Labute approximate surface area is 99.2 Å². The molecule has 0 spiro atoms. The van der Waals surface area contributed by atoms with Crippen molar-refractivity contribution in [2.24, 2.45) is 0 Å². The Morgan fingerprint density at radius 2 is 2.44 bits per heavy atom. The molecule has 0 bridgehead atoms. The van der Waals surface area contributed by atoms with Gasteiger partial charge in [0, 0.05) is 18.3 Å². The van der Waals surface area contributed by atoms with E-state index >= 15 is 0 Å². The smallest absolute Gasteiger partial charge is 0.268 e. The number of rotatable bonds is 4. The number of amides is 1. The van der Waals surface area contributed by atoms with E-state index in [4.69, 9.17) is 16.7 Å². The third-order valence-corrected chi connectivity index (χ3v) is 2.85. The molecule has 1 aliphatic carbocycles. The van der Waals surface area contributed by atoms with Crippen LogP contribution in [0.25, 0.3) is 0 Å². The molecule has 1 atom stereocenters. The van der Waals surface area contributed by atoms with Crippen molar-refractivity contribution in [3.63, 3.8) is 0 Å². The van der Waals surface area contributed by atoms with Crippen molar-refractivity contribution in [1.82, 2.24) is 9.88 Å². The Balaban J connectivity index is 2.15. The molecule has 2 rings (SSSR count). The van der Waals surface area contributed by atoms with E-state index in [0.29, 0.717) is 16.8 Å². The van der Waals surface area contributed by atoms with E-state index in [9.17, 15) is 4.79 Å². The van der Waals surface area contributed by atoms with E-state index in [1.54, 1.807) is 19.2 Å². The minimum atomic E-state index is -0.242. The lowest BCUT2D eigenvalue weighted by molar-refractivity contribution is 0.0912. The van der Waals surface area contributed by atoms with Crippen LogP contribution in [0.1, 0.15) is 36.3 Å². The number of hydrogen-bond acceptors (Lipinski definition) is 2. The van der Waals surface area contributed by atoms with Gasteiger partial charge in [0.2, 0.25) is 0 Å². The summed E-state index contributed by atoms with van der Waals surface area (Å²) in [6.45, 7) is 1.69. The summed E-state index contributed by atoms with van der Waals surface area (Å²) < 4.78 is 1.92. The average Bonchev–Trinajstić information content (AvgIpc) is 3.01. The molecule has 0 unspecified atom stereocenters. The number of nitrogens with zero attached hydrogens (tertiary/aromatic N) is 1. The summed E-state index contributed by atoms with van der Waals surface area (Å²) >= 11 is 5.90. The van der Waals surface area contributed by atoms with Gasteiger partial charge in [-0.25, -0.2) is 0 Å². The highest BCUT2D eigenvalue weighted by Crippen LogP contribution is 2.37. The first-order valence-corrected chi connectivity index (χ1v) is 5.78. The molecule has 88 valence electrons. The van der Waals surface area contributed by atoms with Crippen molar-refractivity contribution < 1.29 is 9.90 Å². The number of aromatic nitrogens is 1. The number of carbonyl (C=O) groups excluding carboxylic acids is 1. The number of aliphatic hydroxyl groups is 1. The standard InChI is InChI=1S/C11H15ClN2O2/c1-7(6-15)13-11(16)10-4-8(12)5-14(10)9-2-3-9/h4-5,7,9,15H,2-3,6H2,1H3,(H,13,16)/t7-/m1/s1. The second-order valence-electron chi connectivity index (χ2n) is 4.24. The molecule has 1 aromatic heterocycles. The number of nitrogens with one attached hydrogen (secondary N) is 1. The zero-order chi connectivity index (χ0) is 11.7. The Morgan fingerprint density at radius 3 is 3.00 bits per heavy atom. The fourth-order valence-corrected chi connectivity index (χ4v) is 1.83. The van der Waals surface area contributed by atoms with Gasteiger partial charge in [-0.15, -0.1) is 0 Å². The highest BCUT2D eigenvalue weighted by atomic mass is 35.5. The molecule has 1 heterocycles. The third-order valence-electron chi connectivity index (χ3n) is 2.64. The summed E-state index contributed by atoms with van der Waals surface area (Å²) in [5, 5.41) is 12.2. The summed E-state index contributed by atoms with van der Waals surface area (Å²) in [5.41, 5.74) is 0.577. The van der Waals surface area contributed by atoms with E-state index < -0.39 is 0 Å². The van der Waals surface area contributed by atoms with E-state index in [1.165, 1.54) is 0 Å². The lowest BCUT2D eigenvalue weighted by Crippen LogP contribution is -2.36. The fraction of sp³-hybridized carbons (Fsp3) is 0.545. The van der Waals surface area contributed by atoms with Crippen LogP contribution < -0.4 is 5.32 Å². The van der Waals surface area contributed by atoms with E-state index in [0.717, 1.165) is 12.8 Å². The Morgan fingerprint density at radius 1 is 1.75 bits per heavy atom. The Kier molecular flexibility index (Phi) is 3.21. The summed E-state index contributed by atoms with van der Waals surface area (Å²) in [7, 11) is 0. The van der Waals surface area contributed by atoms with Gasteiger partial charge in [-0.1, -0.05) is 11.6 Å². The molecular formula is C11H15ClN2O2. The maximum absolute atomic E-state index is 11.9. The van der Waals surface area contributed by atoms with E-state index in [-0.39, 0.29) is 18.6 Å². The molecule has 2 N–H and O–H groups in total. The summed E-state index contributed by atoms with van der Waals surface area (Å²) in [4.78, 5) is 11.9. The second-order valence-corrected chi connectivity index (χ2v) is 4.68. The molecule has 1 amide bonds. The van der Waals surface area contributed by atoms with Crippen LogP contribution >= 0.6 is 11.6 Å². The van der Waals surface area contributed by atoms with Crippen molar-refractivity contribution in [2.75, 3.05) is 6.61 Å². The lowest BCUT2D eigenvalue weighted by Gasteiger charge is -2.12. The van der Waals surface area contributed by atoms with Crippen molar-refractivity contribution in [3.05, 3.63) is 23.0 Å². The quantitative estimate of drug-likeness (QED) is 0.843. The number of aliphatic hydroxyl groups excluding tert-OH is 1. The van der Waals surface area contributed by atoms with Gasteiger partial charge in [0.15, 0.2) is 0 Å². The normalized spacial score (nSPS) is 17.2. The van der Waals surface area contributed by atoms with Crippen LogP contribution in [-0.4, -0.2) is 28.2 Å². The molecule has 1 aromatic rings. The van der Waals surface area contributed by atoms with Gasteiger partial charge in [-0.05, 0) is 25.8 Å². The maximum atomic E-state index is 11.9. The van der Waals surface area contributed by atoms with Crippen molar-refractivity contribution in [3.8, 4) is 0 Å². The molecule has 4 nitrogen and oxygen atoms in total. The van der Waals surface area contributed by atoms with Gasteiger partial charge < -0.3 is 15.0 Å². The van der Waals surface area contributed by atoms with Gasteiger partial charge in [-0.2, -0.15) is 0 Å². The number of carbonyl (C=O) groups is 1. The van der Waals surface area contributed by atoms with E-state index in [1.807, 2.05) is 4.57 Å². The zero-order valence-corrected chi connectivity index (χ0v) is 9.87. The van der Waals surface area contributed by atoms with Crippen molar-refractivity contribution in [1.29, 1.82) is 0 Å². The molecule has 1 fully saturated rings. The van der Waals surface area contributed by atoms with E-state index in [2.05, 4.69) is 5.32 Å². The molecule has 1 aliphatic rings. The summed E-state index contributed by atoms with van der Waals surface area (Å²) in [5.74, 6) is -0.180. The largest absolute Gasteiger partial charge is 0.394 e. The minimum Gasteiger partial charge on any atom is -0.394 e. The molecule has 0 aliphatic heterocycles. The Bertz CT molecular complexity index is 399. The Hall–Kier alpha value is -1.00. The van der Waals surface area contributed by atoms with Gasteiger partial charge in [0.25, 0.3) is 5.91 Å². The monoisotopic (exact) mass is 242 g/mol. The SMILES string of the molecule is C[C@H](CO)NC(=O)c1cc(Cl)cn1C1CC1. The van der Waals surface area contributed by atoms with Crippen molar-refractivity contribution in [2.45, 2.75) is 31.8 Å². The zero-order valence-electron chi connectivity index (χ0n) is 9.11. The molecule has 1 saturated carbocycles. The average molecular weight is 243 g/mol. The molecule has 16 heavy (non-hydrogen) atoms. The number of hydrogen-bond donors (Lipinski definition) is 2. The molecule has 0 radical (unpaired) electrons. The van der Waals surface area contributed by atoms with Crippen LogP contribution in [0.3, 0.4) is 0 Å². The molecule has 5 heteroatoms.